The molecule has 0 amide bonds. The molecule has 0 heterocycles. The Kier molecular flexibility index (Phi) is 1.92. The van der Waals surface area contributed by atoms with Crippen molar-refractivity contribution in [3.05, 3.63) is 34.4 Å². The van der Waals surface area contributed by atoms with Gasteiger partial charge in [-0.1, -0.05) is 12.1 Å². The molecule has 12 heavy (non-hydrogen) atoms. The van der Waals surface area contributed by atoms with E-state index >= 15 is 0 Å². The van der Waals surface area contributed by atoms with Crippen LogP contribution in [-0.2, 0) is 12.8 Å². The van der Waals surface area contributed by atoms with E-state index in [-0.39, 0.29) is 1.43 Å². The summed E-state index contributed by atoms with van der Waals surface area (Å²) in [6.45, 7) is 4.43. The number of hydrogen-bond donors (Lipinski definition) is 0. The fourth-order valence-electron chi connectivity index (χ4n) is 2.03. The van der Waals surface area contributed by atoms with E-state index in [4.69, 9.17) is 0 Å². The fourth-order valence-corrected chi connectivity index (χ4v) is 2.03. The van der Waals surface area contributed by atoms with Crippen molar-refractivity contribution in [2.45, 2.75) is 39.5 Å². The van der Waals surface area contributed by atoms with Crippen LogP contribution in [0, 0.1) is 13.8 Å². The highest BCUT2D eigenvalue weighted by atomic mass is 14.1. The van der Waals surface area contributed by atoms with Crippen LogP contribution in [0.5, 0.6) is 0 Å². The maximum Gasteiger partial charge on any atom is 0 e. The van der Waals surface area contributed by atoms with Crippen molar-refractivity contribution in [3.8, 4) is 0 Å². The number of benzene rings is 1. The lowest BCUT2D eigenvalue weighted by molar-refractivity contribution is 0.684. The minimum absolute atomic E-state index is 0. The van der Waals surface area contributed by atoms with Crippen LogP contribution in [0.15, 0.2) is 12.1 Å². The Balaban J connectivity index is 0.000000845. The summed E-state index contributed by atoms with van der Waals surface area (Å²) >= 11 is 0. The maximum atomic E-state index is 2.38. The Morgan fingerprint density at radius 3 is 1.75 bits per heavy atom. The number of fused-ring (bicyclic) bond motifs is 1. The van der Waals surface area contributed by atoms with Gasteiger partial charge in [0.05, 0.1) is 0 Å². The largest absolute Gasteiger partial charge is 0.0556 e. The van der Waals surface area contributed by atoms with Crippen molar-refractivity contribution in [3.63, 3.8) is 0 Å². The normalized spacial score (nSPS) is 15.8. The number of aryl methyl sites for hydroxylation is 4. The molecule has 0 fully saturated rings. The molecule has 0 bridgehead atoms. The molecule has 66 valence electrons. The van der Waals surface area contributed by atoms with Gasteiger partial charge in [0.25, 0.3) is 0 Å². The van der Waals surface area contributed by atoms with Gasteiger partial charge in [-0.15, -0.1) is 0 Å². The summed E-state index contributed by atoms with van der Waals surface area (Å²) in [5, 5.41) is 0. The maximum absolute atomic E-state index is 2.38. The monoisotopic (exact) mass is 162 g/mol. The molecule has 0 spiro atoms. The highest BCUT2D eigenvalue weighted by molar-refractivity contribution is 5.38. The second-order valence-electron chi connectivity index (χ2n) is 3.91. The molecule has 0 aromatic heterocycles. The Labute approximate surface area is 76.1 Å². The highest BCUT2D eigenvalue weighted by Crippen LogP contribution is 2.23. The van der Waals surface area contributed by atoms with Gasteiger partial charge in [-0.05, 0) is 61.8 Å². The smallest absolute Gasteiger partial charge is 0 e. The van der Waals surface area contributed by atoms with E-state index in [9.17, 15) is 0 Å². The van der Waals surface area contributed by atoms with Crippen molar-refractivity contribution in [1.29, 1.82) is 0 Å². The molecule has 1 aromatic carbocycles. The molecule has 0 atom stereocenters. The van der Waals surface area contributed by atoms with Crippen molar-refractivity contribution in [1.82, 2.24) is 0 Å². The standard InChI is InChI=1S/C12H16.H2/c1-9-7-11-5-3-4-6-12(11)8-10(9)2;/h7-8H,3-6H2,1-2H3;1H. The Morgan fingerprint density at radius 1 is 0.917 bits per heavy atom. The highest BCUT2D eigenvalue weighted by Gasteiger charge is 2.09. The van der Waals surface area contributed by atoms with E-state index in [0.29, 0.717) is 0 Å². The summed E-state index contributed by atoms with van der Waals surface area (Å²) in [5.41, 5.74) is 6.11. The third kappa shape index (κ3) is 1.26. The zero-order chi connectivity index (χ0) is 8.55. The van der Waals surface area contributed by atoms with E-state index in [2.05, 4.69) is 26.0 Å². The van der Waals surface area contributed by atoms with Crippen molar-refractivity contribution < 1.29 is 1.43 Å². The lowest BCUT2D eigenvalue weighted by Crippen LogP contribution is -2.03. The molecule has 0 nitrogen and oxygen atoms in total. The van der Waals surface area contributed by atoms with Gasteiger partial charge in [0.2, 0.25) is 0 Å². The van der Waals surface area contributed by atoms with Crippen LogP contribution in [0.2, 0.25) is 0 Å². The fraction of sp³-hybridized carbons (Fsp3) is 0.500. The van der Waals surface area contributed by atoms with Gasteiger partial charge in [-0.3, -0.25) is 0 Å². The topological polar surface area (TPSA) is 0 Å². The summed E-state index contributed by atoms with van der Waals surface area (Å²) in [6.07, 6.45) is 5.37. The van der Waals surface area contributed by atoms with Crippen molar-refractivity contribution >= 4 is 0 Å². The summed E-state index contributed by atoms with van der Waals surface area (Å²) in [4.78, 5) is 0. The molecule has 0 radical (unpaired) electrons. The van der Waals surface area contributed by atoms with Gasteiger partial charge < -0.3 is 0 Å². The molecule has 0 N–H and O–H groups in total. The molecule has 0 unspecified atom stereocenters. The third-order valence-electron chi connectivity index (χ3n) is 2.96. The van der Waals surface area contributed by atoms with Gasteiger partial charge in [-0.25, -0.2) is 0 Å². The second-order valence-corrected chi connectivity index (χ2v) is 3.91. The summed E-state index contributed by atoms with van der Waals surface area (Å²) in [6, 6.07) is 4.76. The summed E-state index contributed by atoms with van der Waals surface area (Å²) in [5.74, 6) is 0. The summed E-state index contributed by atoms with van der Waals surface area (Å²) < 4.78 is 0. The molecule has 2 rings (SSSR count). The lowest BCUT2D eigenvalue weighted by Gasteiger charge is -2.17. The molecule has 1 aromatic rings. The SMILES string of the molecule is Cc1cc2c(cc1C)CCCC2.[HH]. The zero-order valence-electron chi connectivity index (χ0n) is 7.98. The molecular weight excluding hydrogens is 144 g/mol. The number of hydrogen-bond acceptors (Lipinski definition) is 0. The van der Waals surface area contributed by atoms with Gasteiger partial charge in [-0.2, -0.15) is 0 Å². The Hall–Kier alpha value is -0.780. The predicted octanol–water partition coefficient (Wildman–Crippen LogP) is 3.43. The lowest BCUT2D eigenvalue weighted by atomic mass is 9.89. The summed E-state index contributed by atoms with van der Waals surface area (Å²) in [7, 11) is 0. The van der Waals surface area contributed by atoms with Gasteiger partial charge in [0.15, 0.2) is 0 Å². The van der Waals surface area contributed by atoms with Crippen LogP contribution in [-0.4, -0.2) is 0 Å². The van der Waals surface area contributed by atoms with Crippen molar-refractivity contribution in [2.24, 2.45) is 0 Å². The minimum Gasteiger partial charge on any atom is -0.0556 e. The van der Waals surface area contributed by atoms with Crippen LogP contribution in [0.3, 0.4) is 0 Å². The van der Waals surface area contributed by atoms with Crippen LogP contribution >= 0.6 is 0 Å². The molecule has 1 aliphatic carbocycles. The average Bonchev–Trinajstić information content (AvgIpc) is 2.07. The molecule has 0 saturated heterocycles. The Bertz CT molecular complexity index is 271. The predicted molar refractivity (Wildman–Crippen MR) is 54.7 cm³/mol. The zero-order valence-corrected chi connectivity index (χ0v) is 7.98. The first kappa shape index (κ1) is 7.85. The minimum atomic E-state index is 0. The molecular formula is C12H18. The molecule has 0 aliphatic heterocycles. The second kappa shape index (κ2) is 2.93. The van der Waals surface area contributed by atoms with Gasteiger partial charge >= 0.3 is 0 Å². The van der Waals surface area contributed by atoms with Crippen LogP contribution in [0.1, 0.15) is 36.5 Å². The molecule has 1 aliphatic rings. The van der Waals surface area contributed by atoms with Crippen LogP contribution in [0.25, 0.3) is 0 Å². The average molecular weight is 162 g/mol. The first-order valence-electron chi connectivity index (χ1n) is 4.86. The number of rotatable bonds is 0. The van der Waals surface area contributed by atoms with E-state index in [1.165, 1.54) is 36.8 Å². The third-order valence-corrected chi connectivity index (χ3v) is 2.96. The van der Waals surface area contributed by atoms with E-state index in [1.54, 1.807) is 11.1 Å². The van der Waals surface area contributed by atoms with Gasteiger partial charge in [0, 0.05) is 1.43 Å². The first-order chi connectivity index (χ1) is 5.77. The quantitative estimate of drug-likeness (QED) is 0.548. The van der Waals surface area contributed by atoms with Crippen LogP contribution < -0.4 is 0 Å². The van der Waals surface area contributed by atoms with E-state index < -0.39 is 0 Å². The Morgan fingerprint density at radius 2 is 1.33 bits per heavy atom. The van der Waals surface area contributed by atoms with Crippen LogP contribution in [0.4, 0.5) is 0 Å². The molecule has 0 saturated carbocycles. The van der Waals surface area contributed by atoms with E-state index in [0.717, 1.165) is 0 Å². The van der Waals surface area contributed by atoms with E-state index in [1.807, 2.05) is 0 Å². The van der Waals surface area contributed by atoms with Crippen molar-refractivity contribution in [2.75, 3.05) is 0 Å². The first-order valence-corrected chi connectivity index (χ1v) is 4.86. The molecule has 0 heteroatoms. The van der Waals surface area contributed by atoms with Gasteiger partial charge in [0.1, 0.15) is 0 Å².